The van der Waals surface area contributed by atoms with Crippen LogP contribution in [0.2, 0.25) is 0 Å². The minimum absolute atomic E-state index is 0.0307. The number of esters is 1. The number of nitrogens with one attached hydrogen (secondary N) is 1. The maximum absolute atomic E-state index is 12.5. The lowest BCUT2D eigenvalue weighted by Gasteiger charge is -2.29. The molecule has 0 spiro atoms. The summed E-state index contributed by atoms with van der Waals surface area (Å²) in [6.07, 6.45) is 0.910. The van der Waals surface area contributed by atoms with Crippen molar-refractivity contribution in [1.29, 1.82) is 0 Å². The van der Waals surface area contributed by atoms with E-state index in [0.29, 0.717) is 23.0 Å². The van der Waals surface area contributed by atoms with Gasteiger partial charge in [0.25, 0.3) is 5.91 Å². The van der Waals surface area contributed by atoms with E-state index >= 15 is 0 Å². The zero-order chi connectivity index (χ0) is 20.9. The van der Waals surface area contributed by atoms with Crippen LogP contribution in [0.4, 0.5) is 4.79 Å². The number of hydrogen-bond donors (Lipinski definition) is 1. The first-order chi connectivity index (χ1) is 13.1. The number of carbonyl (C=O) groups excluding carboxylic acids is 3. The van der Waals surface area contributed by atoms with Gasteiger partial charge in [-0.15, -0.1) is 0 Å². The lowest BCUT2D eigenvalue weighted by Crippen LogP contribution is -2.41. The van der Waals surface area contributed by atoms with E-state index in [2.05, 4.69) is 21.2 Å². The average molecular weight is 453 g/mol. The third-order valence-corrected chi connectivity index (χ3v) is 5.00. The third kappa shape index (κ3) is 5.58. The molecule has 1 atom stereocenters. The van der Waals surface area contributed by atoms with Gasteiger partial charge in [-0.05, 0) is 45.7 Å². The minimum atomic E-state index is -0.702. The summed E-state index contributed by atoms with van der Waals surface area (Å²) in [6.45, 7) is 5.87. The van der Waals surface area contributed by atoms with Crippen molar-refractivity contribution in [2.75, 3.05) is 13.7 Å². The van der Waals surface area contributed by atoms with Crippen LogP contribution in [0.1, 0.15) is 44.0 Å². The Morgan fingerprint density at radius 1 is 1.18 bits per heavy atom. The smallest absolute Gasteiger partial charge is 0.410 e. The van der Waals surface area contributed by atoms with Crippen LogP contribution in [0.15, 0.2) is 40.5 Å². The number of halogens is 1. The fraction of sp³-hybridized carbons (Fsp3) is 0.450. The molecular weight excluding hydrogens is 428 g/mol. The van der Waals surface area contributed by atoms with E-state index in [0.717, 1.165) is 6.42 Å². The number of nitrogens with zero attached hydrogens (tertiary/aromatic N) is 1. The maximum Gasteiger partial charge on any atom is 0.410 e. The zero-order valence-electron chi connectivity index (χ0n) is 16.5. The second kappa shape index (κ2) is 9.23. The quantitative estimate of drug-likeness (QED) is 0.557. The first kappa shape index (κ1) is 21.9. The van der Waals surface area contributed by atoms with Crippen LogP contribution >= 0.6 is 15.9 Å². The number of methoxy groups -OCH3 is 1. The highest BCUT2D eigenvalue weighted by Crippen LogP contribution is 2.31. The molecule has 1 saturated heterocycles. The van der Waals surface area contributed by atoms with E-state index in [-0.39, 0.29) is 5.70 Å². The van der Waals surface area contributed by atoms with E-state index < -0.39 is 29.6 Å². The molecule has 1 aliphatic heterocycles. The molecule has 0 saturated carbocycles. The molecule has 8 heteroatoms. The number of rotatable bonds is 4. The van der Waals surface area contributed by atoms with Crippen LogP contribution in [0.5, 0.6) is 0 Å². The Balaban J connectivity index is 2.30. The highest BCUT2D eigenvalue weighted by atomic mass is 79.9. The van der Waals surface area contributed by atoms with Crippen molar-refractivity contribution >= 4 is 33.9 Å². The standard InChI is InChI=1S/C20H25BrN2O5/c1-20(2,3)28-19(26)23-12-8-11-14(23)15(21)16(18(25)27-4)22-17(24)13-9-6-5-7-10-13/h5-7,9-10,14H,8,11-12H2,1-4H3,(H,22,24)/b16-15-/t14-/m1/s1. The molecule has 1 fully saturated rings. The largest absolute Gasteiger partial charge is 0.464 e. The van der Waals surface area contributed by atoms with E-state index in [1.807, 2.05) is 0 Å². The van der Waals surface area contributed by atoms with E-state index in [1.54, 1.807) is 56.0 Å². The van der Waals surface area contributed by atoms with Crippen molar-refractivity contribution in [3.8, 4) is 0 Å². The van der Waals surface area contributed by atoms with Crippen molar-refractivity contribution in [3.63, 3.8) is 0 Å². The van der Waals surface area contributed by atoms with Crippen molar-refractivity contribution in [1.82, 2.24) is 10.2 Å². The Morgan fingerprint density at radius 2 is 1.82 bits per heavy atom. The number of hydrogen-bond acceptors (Lipinski definition) is 5. The molecule has 0 radical (unpaired) electrons. The van der Waals surface area contributed by atoms with Gasteiger partial charge in [-0.3, -0.25) is 4.79 Å². The van der Waals surface area contributed by atoms with Gasteiger partial charge < -0.3 is 19.7 Å². The zero-order valence-corrected chi connectivity index (χ0v) is 18.0. The van der Waals surface area contributed by atoms with Crippen LogP contribution < -0.4 is 5.32 Å². The summed E-state index contributed by atoms with van der Waals surface area (Å²) in [4.78, 5) is 38.9. The van der Waals surface area contributed by atoms with Crippen LogP contribution in [0.3, 0.4) is 0 Å². The molecule has 1 heterocycles. The van der Waals surface area contributed by atoms with E-state index in [9.17, 15) is 14.4 Å². The first-order valence-electron chi connectivity index (χ1n) is 8.98. The minimum Gasteiger partial charge on any atom is -0.464 e. The summed E-state index contributed by atoms with van der Waals surface area (Å²) in [5.41, 5.74) is -0.260. The lowest BCUT2D eigenvalue weighted by atomic mass is 10.1. The van der Waals surface area contributed by atoms with Gasteiger partial charge in [0.2, 0.25) is 0 Å². The highest BCUT2D eigenvalue weighted by Gasteiger charge is 2.36. The Bertz CT molecular complexity index is 771. The van der Waals surface area contributed by atoms with E-state index in [1.165, 1.54) is 7.11 Å². The predicted octanol–water partition coefficient (Wildman–Crippen LogP) is 3.60. The molecule has 1 aromatic carbocycles. The summed E-state index contributed by atoms with van der Waals surface area (Å²) < 4.78 is 10.7. The SMILES string of the molecule is COC(=O)/C(NC(=O)c1ccccc1)=C(/Br)[C@H]1CCCN1C(=O)OC(C)(C)C. The molecule has 1 aromatic rings. The van der Waals surface area contributed by atoms with Crippen LogP contribution in [0, 0.1) is 0 Å². The molecule has 0 unspecified atom stereocenters. The Hall–Kier alpha value is -2.35. The van der Waals surface area contributed by atoms with Gasteiger partial charge in [0, 0.05) is 16.6 Å². The normalized spacial score (nSPS) is 17.6. The number of benzene rings is 1. The van der Waals surface area contributed by atoms with Crippen LogP contribution in [0.25, 0.3) is 0 Å². The number of amides is 2. The van der Waals surface area contributed by atoms with Gasteiger partial charge >= 0.3 is 12.1 Å². The van der Waals surface area contributed by atoms with Crippen LogP contribution in [-0.2, 0) is 14.3 Å². The number of carbonyl (C=O) groups is 3. The molecule has 1 N–H and O–H groups in total. The van der Waals surface area contributed by atoms with Crippen LogP contribution in [-0.4, -0.2) is 48.2 Å². The highest BCUT2D eigenvalue weighted by molar-refractivity contribution is 9.11. The van der Waals surface area contributed by atoms with Gasteiger partial charge in [-0.25, -0.2) is 9.59 Å². The van der Waals surface area contributed by atoms with Crippen molar-refractivity contribution in [2.24, 2.45) is 0 Å². The molecule has 0 bridgehead atoms. The number of ether oxygens (including phenoxy) is 2. The van der Waals surface area contributed by atoms with E-state index in [4.69, 9.17) is 9.47 Å². The molecule has 2 amide bonds. The second-order valence-electron chi connectivity index (χ2n) is 7.37. The average Bonchev–Trinajstić information content (AvgIpc) is 3.14. The molecule has 0 aromatic heterocycles. The Labute approximate surface area is 173 Å². The maximum atomic E-state index is 12.5. The van der Waals surface area contributed by atoms with Crippen molar-refractivity contribution in [2.45, 2.75) is 45.3 Å². The fourth-order valence-electron chi connectivity index (χ4n) is 2.82. The molecule has 28 heavy (non-hydrogen) atoms. The summed E-state index contributed by atoms with van der Waals surface area (Å²) in [7, 11) is 1.23. The van der Waals surface area contributed by atoms with Gasteiger partial charge in [0.15, 0.2) is 0 Å². The molecule has 0 aliphatic carbocycles. The molecular formula is C20H25BrN2O5. The summed E-state index contributed by atoms with van der Waals surface area (Å²) >= 11 is 3.42. The third-order valence-electron chi connectivity index (χ3n) is 4.08. The van der Waals surface area contributed by atoms with Gasteiger partial charge in [0.1, 0.15) is 11.3 Å². The fourth-order valence-corrected chi connectivity index (χ4v) is 3.56. The molecule has 2 rings (SSSR count). The monoisotopic (exact) mass is 452 g/mol. The predicted molar refractivity (Wildman–Crippen MR) is 108 cm³/mol. The molecule has 1 aliphatic rings. The van der Waals surface area contributed by atoms with Crippen molar-refractivity contribution < 1.29 is 23.9 Å². The van der Waals surface area contributed by atoms with Gasteiger partial charge in [0.05, 0.1) is 13.2 Å². The lowest BCUT2D eigenvalue weighted by molar-refractivity contribution is -0.136. The van der Waals surface area contributed by atoms with Crippen molar-refractivity contribution in [3.05, 3.63) is 46.1 Å². The summed E-state index contributed by atoms with van der Waals surface area (Å²) in [6, 6.07) is 8.10. The van der Waals surface area contributed by atoms with Gasteiger partial charge in [-0.2, -0.15) is 0 Å². The van der Waals surface area contributed by atoms with Gasteiger partial charge in [-0.1, -0.05) is 34.1 Å². The summed E-state index contributed by atoms with van der Waals surface area (Å²) in [5, 5.41) is 2.61. The number of likely N-dealkylation sites (tertiary alicyclic amines) is 1. The summed E-state index contributed by atoms with van der Waals surface area (Å²) in [5.74, 6) is -1.15. The second-order valence-corrected chi connectivity index (χ2v) is 8.22. The topological polar surface area (TPSA) is 84.9 Å². The molecule has 7 nitrogen and oxygen atoms in total. The molecule has 152 valence electrons. The Kier molecular flexibility index (Phi) is 7.23. The Morgan fingerprint density at radius 3 is 2.39 bits per heavy atom. The first-order valence-corrected chi connectivity index (χ1v) is 9.77.